The summed E-state index contributed by atoms with van der Waals surface area (Å²) < 4.78 is 9.02. The Balaban J connectivity index is 0.00000576. The van der Waals surface area contributed by atoms with Crippen LogP contribution in [-0.2, 0) is 21.1 Å². The quantitative estimate of drug-likeness (QED) is 0.115. The molecule has 65 heavy (non-hydrogen) atoms. The molecule has 326 valence electrons. The van der Waals surface area contributed by atoms with Gasteiger partial charge in [0.15, 0.2) is 0 Å². The molecule has 0 spiro atoms. The van der Waals surface area contributed by atoms with E-state index in [4.69, 9.17) is 14.7 Å². The van der Waals surface area contributed by atoms with Gasteiger partial charge in [0.2, 0.25) is 0 Å². The number of fused-ring (bicyclic) bond motifs is 1. The van der Waals surface area contributed by atoms with Gasteiger partial charge in [-0.3, -0.25) is 4.98 Å². The molecule has 2 aromatic heterocycles. The topological polar surface area (TPSA) is 39.9 Å². The van der Waals surface area contributed by atoms with Crippen molar-refractivity contribution < 1.29 is 25.8 Å². The summed E-state index contributed by atoms with van der Waals surface area (Å²) in [6.07, 6.45) is 1.87. The van der Waals surface area contributed by atoms with Crippen molar-refractivity contribution in [2.45, 2.75) is 79.1 Å². The maximum Gasteiger partial charge on any atom is 2.00 e. The Bertz CT molecular complexity index is 3030. The van der Waals surface area contributed by atoms with Crippen LogP contribution in [0.25, 0.3) is 72.7 Å². The molecule has 0 unspecified atom stereocenters. The van der Waals surface area contributed by atoms with Crippen molar-refractivity contribution in [1.29, 1.82) is 0 Å². The van der Waals surface area contributed by atoms with Crippen LogP contribution in [0.4, 0.5) is 0 Å². The molecule has 0 amide bonds. The summed E-state index contributed by atoms with van der Waals surface area (Å²) in [7, 11) is 0. The van der Waals surface area contributed by atoms with Gasteiger partial charge in [0.05, 0.1) is 16.9 Å². The average molecular weight is 1030 g/mol. The zero-order valence-corrected chi connectivity index (χ0v) is 40.7. The first-order chi connectivity index (χ1) is 31.0. The van der Waals surface area contributed by atoms with E-state index in [0.29, 0.717) is 23.3 Å². The van der Waals surface area contributed by atoms with Crippen LogP contribution in [0.3, 0.4) is 0 Å². The van der Waals surface area contributed by atoms with E-state index in [-0.39, 0.29) is 32.9 Å². The van der Waals surface area contributed by atoms with E-state index in [0.717, 1.165) is 39.2 Å². The summed E-state index contributed by atoms with van der Waals surface area (Å²) >= 11 is 0. The average Bonchev–Trinajstić information content (AvgIpc) is 3.71. The molecule has 0 aliphatic carbocycles. The van der Waals surface area contributed by atoms with Gasteiger partial charge in [-0.05, 0) is 115 Å². The number of rotatable bonds is 12. The molecule has 4 nitrogen and oxygen atoms in total. The van der Waals surface area contributed by atoms with E-state index in [9.17, 15) is 0 Å². The number of benzene rings is 7. The van der Waals surface area contributed by atoms with Gasteiger partial charge in [-0.1, -0.05) is 159 Å². The van der Waals surface area contributed by atoms with Crippen molar-refractivity contribution in [1.82, 2.24) is 14.5 Å². The minimum atomic E-state index is 0. The number of ether oxygens (including phenoxy) is 1. The van der Waals surface area contributed by atoms with E-state index < -0.39 is 0 Å². The summed E-state index contributed by atoms with van der Waals surface area (Å²) in [4.78, 5) is 10.3. The second-order valence-electron chi connectivity index (χ2n) is 18.0. The van der Waals surface area contributed by atoms with Gasteiger partial charge in [0.25, 0.3) is 0 Å². The molecule has 0 fully saturated rings. The van der Waals surface area contributed by atoms with Crippen LogP contribution in [0.15, 0.2) is 164 Å². The summed E-state index contributed by atoms with van der Waals surface area (Å²) in [5.74, 6) is 3.09. The summed E-state index contributed by atoms with van der Waals surface area (Å²) in [5.41, 5.74) is 18.1. The molecule has 2 heterocycles. The molecule has 0 aliphatic heterocycles. The smallest absolute Gasteiger partial charge is 0.497 e. The van der Waals surface area contributed by atoms with Crippen molar-refractivity contribution in [2.24, 2.45) is 0 Å². The fourth-order valence-electron chi connectivity index (χ4n) is 8.98. The molecular formula is C60H55N3OPt. The van der Waals surface area contributed by atoms with E-state index in [1.165, 1.54) is 55.8 Å². The first-order valence-electron chi connectivity index (χ1n) is 22.7. The molecule has 9 rings (SSSR count). The van der Waals surface area contributed by atoms with Crippen molar-refractivity contribution >= 4 is 11.0 Å². The second kappa shape index (κ2) is 19.4. The predicted octanol–water partition coefficient (Wildman–Crippen LogP) is 16.6. The third-order valence-corrected chi connectivity index (χ3v) is 12.2. The molecular weight excluding hydrogens is 974 g/mol. The van der Waals surface area contributed by atoms with Crippen molar-refractivity contribution in [3.05, 3.63) is 198 Å². The number of pyridine rings is 1. The van der Waals surface area contributed by atoms with Crippen molar-refractivity contribution in [3.8, 4) is 73.2 Å². The number of imidazole rings is 1. The Morgan fingerprint density at radius 3 is 1.52 bits per heavy atom. The fourth-order valence-corrected chi connectivity index (χ4v) is 8.98. The Hall–Kier alpha value is -6.35. The van der Waals surface area contributed by atoms with Gasteiger partial charge >= 0.3 is 21.1 Å². The van der Waals surface area contributed by atoms with Gasteiger partial charge in [-0.2, -0.15) is 0 Å². The minimum Gasteiger partial charge on any atom is -0.497 e. The van der Waals surface area contributed by atoms with E-state index in [2.05, 4.69) is 199 Å². The SMILES string of the molecule is CC(C)c1cc(-c2ccccc2)cc(C(C)C)c1-c1cccnc1-c1[c-]c(Oc2[c-]c(-c3nc4ccccc4n3-c3c(C(C)C)cc(-c4ccccc4)cc3C(C)C)ccc2)ccc1.[Pt+2]. The van der Waals surface area contributed by atoms with Crippen LogP contribution >= 0.6 is 0 Å². The first kappa shape index (κ1) is 45.2. The van der Waals surface area contributed by atoms with Gasteiger partial charge in [-0.15, -0.1) is 47.5 Å². The molecule has 0 N–H and O–H groups in total. The largest absolute Gasteiger partial charge is 2.00 e. The molecule has 0 aliphatic rings. The Morgan fingerprint density at radius 2 is 0.969 bits per heavy atom. The molecule has 0 saturated carbocycles. The van der Waals surface area contributed by atoms with Crippen molar-refractivity contribution in [2.75, 3.05) is 0 Å². The monoisotopic (exact) mass is 1030 g/mol. The second-order valence-corrected chi connectivity index (χ2v) is 18.0. The minimum absolute atomic E-state index is 0. The zero-order valence-electron chi connectivity index (χ0n) is 38.5. The third kappa shape index (κ3) is 9.15. The van der Waals surface area contributed by atoms with Crippen LogP contribution in [0.1, 0.15) is 101 Å². The van der Waals surface area contributed by atoms with Crippen LogP contribution in [0.5, 0.6) is 11.5 Å². The predicted molar refractivity (Wildman–Crippen MR) is 267 cm³/mol. The summed E-state index contributed by atoms with van der Waals surface area (Å²) in [6, 6.07) is 62.8. The van der Waals surface area contributed by atoms with Gasteiger partial charge < -0.3 is 14.3 Å². The van der Waals surface area contributed by atoms with E-state index in [1.54, 1.807) is 0 Å². The Kier molecular flexibility index (Phi) is 13.5. The molecule has 9 aromatic rings. The van der Waals surface area contributed by atoms with Crippen LogP contribution in [0, 0.1) is 12.1 Å². The van der Waals surface area contributed by atoms with E-state index in [1.807, 2.05) is 36.5 Å². The standard InChI is InChI=1S/C60H55N3O.Pt/c1-38(2)51-34-46(42-20-11-9-12-21-42)35-52(39(3)4)57(51)50-28-19-31-61-58(50)44-24-17-26-48(32-44)64-49-27-18-25-45(33-49)60-62-55-29-15-16-30-56(55)63(60)59-53(40(5)6)36-47(37-54(59)41(7)8)43-22-13-10-14-23-43;/h9-31,34-41H,1-8H3;/q-2;+2. The van der Waals surface area contributed by atoms with Crippen molar-refractivity contribution in [3.63, 3.8) is 0 Å². The molecule has 0 radical (unpaired) electrons. The molecule has 0 saturated heterocycles. The number of aromatic nitrogens is 3. The van der Waals surface area contributed by atoms with Crippen LogP contribution < -0.4 is 4.74 Å². The summed E-state index contributed by atoms with van der Waals surface area (Å²) in [6.45, 7) is 18.2. The Labute approximate surface area is 399 Å². The third-order valence-electron chi connectivity index (χ3n) is 12.2. The number of hydrogen-bond donors (Lipinski definition) is 0. The number of para-hydroxylation sites is 2. The Morgan fingerprint density at radius 1 is 0.477 bits per heavy atom. The van der Waals surface area contributed by atoms with Gasteiger partial charge in [0, 0.05) is 23.4 Å². The number of hydrogen-bond acceptors (Lipinski definition) is 3. The van der Waals surface area contributed by atoms with Crippen LogP contribution in [0.2, 0.25) is 0 Å². The van der Waals surface area contributed by atoms with Crippen LogP contribution in [-0.4, -0.2) is 14.5 Å². The maximum atomic E-state index is 6.67. The maximum absolute atomic E-state index is 6.67. The molecule has 0 atom stereocenters. The molecule has 0 bridgehead atoms. The zero-order chi connectivity index (χ0) is 44.5. The summed E-state index contributed by atoms with van der Waals surface area (Å²) in [5, 5.41) is 0. The van der Waals surface area contributed by atoms with Gasteiger partial charge in [0.1, 0.15) is 0 Å². The normalized spacial score (nSPS) is 11.5. The number of nitrogens with zero attached hydrogens (tertiary/aromatic N) is 3. The van der Waals surface area contributed by atoms with E-state index >= 15 is 0 Å². The molecule has 5 heteroatoms. The van der Waals surface area contributed by atoms with Gasteiger partial charge in [-0.25, -0.2) is 0 Å². The fraction of sp³-hybridized carbons (Fsp3) is 0.200. The molecule has 7 aromatic carbocycles. The first-order valence-corrected chi connectivity index (χ1v) is 22.7.